The summed E-state index contributed by atoms with van der Waals surface area (Å²) in [6.45, 7) is 1.43. The van der Waals surface area contributed by atoms with Crippen molar-refractivity contribution in [3.63, 3.8) is 0 Å². The number of nitriles is 1. The average Bonchev–Trinajstić information content (AvgIpc) is 1.97. The van der Waals surface area contributed by atoms with E-state index >= 15 is 0 Å². The summed E-state index contributed by atoms with van der Waals surface area (Å²) in [6.07, 6.45) is 0. The molecule has 1 N–H and O–H groups in total. The molecular formula is C8H8FNO. The molecule has 3 heteroatoms. The lowest BCUT2D eigenvalue weighted by Gasteiger charge is -1.86. The molecule has 0 saturated heterocycles. The quantitative estimate of drug-likeness (QED) is 0.620. The van der Waals surface area contributed by atoms with Crippen LogP contribution >= 0.6 is 0 Å². The number of benzene rings is 1. The molecule has 0 amide bonds. The smallest absolute Gasteiger partial charge is 0.123 e. The van der Waals surface area contributed by atoms with E-state index in [9.17, 15) is 4.39 Å². The van der Waals surface area contributed by atoms with E-state index in [4.69, 9.17) is 10.4 Å². The van der Waals surface area contributed by atoms with Crippen molar-refractivity contribution in [2.75, 3.05) is 0 Å². The third kappa shape index (κ3) is 4.91. The Morgan fingerprint density at radius 1 is 1.36 bits per heavy atom. The molecule has 0 aliphatic carbocycles. The maximum atomic E-state index is 12.0. The van der Waals surface area contributed by atoms with Crippen molar-refractivity contribution in [3.05, 3.63) is 30.1 Å². The maximum Gasteiger partial charge on any atom is 0.123 e. The molecule has 0 heterocycles. The molecule has 0 unspecified atom stereocenters. The van der Waals surface area contributed by atoms with Crippen LogP contribution in [0.4, 0.5) is 4.39 Å². The van der Waals surface area contributed by atoms with Crippen LogP contribution in [0.3, 0.4) is 0 Å². The molecule has 0 fully saturated rings. The Hall–Kier alpha value is -1.56. The van der Waals surface area contributed by atoms with Crippen molar-refractivity contribution in [3.8, 4) is 11.8 Å². The van der Waals surface area contributed by atoms with Crippen molar-refractivity contribution in [2.24, 2.45) is 0 Å². The molecule has 1 rings (SSSR count). The van der Waals surface area contributed by atoms with Gasteiger partial charge in [-0.2, -0.15) is 5.26 Å². The lowest BCUT2D eigenvalue weighted by Crippen LogP contribution is -1.67. The van der Waals surface area contributed by atoms with E-state index in [1.54, 1.807) is 6.07 Å². The van der Waals surface area contributed by atoms with Gasteiger partial charge in [-0.25, -0.2) is 4.39 Å². The highest BCUT2D eigenvalue weighted by molar-refractivity contribution is 5.19. The number of aromatic hydroxyl groups is 1. The number of nitrogens with zero attached hydrogens (tertiary/aromatic N) is 1. The molecule has 0 radical (unpaired) electrons. The van der Waals surface area contributed by atoms with E-state index in [0.717, 1.165) is 0 Å². The second-order valence-corrected chi connectivity index (χ2v) is 1.70. The number of phenols is 1. The van der Waals surface area contributed by atoms with Gasteiger partial charge in [0.15, 0.2) is 0 Å². The van der Waals surface area contributed by atoms with E-state index in [2.05, 4.69) is 0 Å². The van der Waals surface area contributed by atoms with E-state index < -0.39 is 0 Å². The fourth-order valence-electron chi connectivity index (χ4n) is 0.441. The number of phenolic OH excluding ortho intramolecular Hbond substituents is 1. The van der Waals surface area contributed by atoms with Crippen molar-refractivity contribution >= 4 is 0 Å². The highest BCUT2D eigenvalue weighted by Crippen LogP contribution is 2.06. The maximum absolute atomic E-state index is 12.0. The van der Waals surface area contributed by atoms with Gasteiger partial charge in [-0.05, 0) is 24.3 Å². The summed E-state index contributed by atoms with van der Waals surface area (Å²) in [5.74, 6) is -0.241. The molecule has 0 spiro atoms. The molecule has 0 aromatic heterocycles. The molecule has 0 atom stereocenters. The highest BCUT2D eigenvalue weighted by atomic mass is 19.1. The van der Waals surface area contributed by atoms with Crippen LogP contribution in [-0.2, 0) is 0 Å². The summed E-state index contributed by atoms with van der Waals surface area (Å²) in [7, 11) is 0. The van der Waals surface area contributed by atoms with Gasteiger partial charge < -0.3 is 5.11 Å². The van der Waals surface area contributed by atoms with Gasteiger partial charge in [-0.15, -0.1) is 0 Å². The Bertz CT molecular complexity index is 216. The van der Waals surface area contributed by atoms with Crippen molar-refractivity contribution < 1.29 is 9.50 Å². The monoisotopic (exact) mass is 153 g/mol. The normalized spacial score (nSPS) is 7.36. The Morgan fingerprint density at radius 3 is 2.00 bits per heavy atom. The van der Waals surface area contributed by atoms with Crippen LogP contribution in [-0.4, -0.2) is 5.11 Å². The summed E-state index contributed by atoms with van der Waals surface area (Å²) in [6, 6.07) is 6.76. The highest BCUT2D eigenvalue weighted by Gasteiger charge is 1.85. The van der Waals surface area contributed by atoms with Gasteiger partial charge in [0, 0.05) is 6.92 Å². The third-order valence-corrected chi connectivity index (χ3v) is 0.827. The van der Waals surface area contributed by atoms with E-state index in [1.807, 2.05) is 0 Å². The first kappa shape index (κ1) is 9.44. The minimum atomic E-state index is -0.331. The van der Waals surface area contributed by atoms with Crippen LogP contribution in [0.25, 0.3) is 0 Å². The Balaban J connectivity index is 0.000000292. The Morgan fingerprint density at radius 2 is 1.73 bits per heavy atom. The third-order valence-electron chi connectivity index (χ3n) is 0.827. The van der Waals surface area contributed by atoms with Crippen LogP contribution in [0, 0.1) is 17.1 Å². The van der Waals surface area contributed by atoms with Crippen LogP contribution in [0.2, 0.25) is 0 Å². The zero-order valence-electron chi connectivity index (χ0n) is 6.08. The lowest BCUT2D eigenvalue weighted by molar-refractivity contribution is 0.473. The fraction of sp³-hybridized carbons (Fsp3) is 0.125. The summed E-state index contributed by atoms with van der Waals surface area (Å²) >= 11 is 0. The summed E-state index contributed by atoms with van der Waals surface area (Å²) in [4.78, 5) is 0. The molecule has 11 heavy (non-hydrogen) atoms. The molecule has 2 nitrogen and oxygen atoms in total. The lowest BCUT2D eigenvalue weighted by atomic mass is 10.3. The average molecular weight is 153 g/mol. The van der Waals surface area contributed by atoms with Gasteiger partial charge in [0.25, 0.3) is 0 Å². The first-order valence-electron chi connectivity index (χ1n) is 2.96. The second-order valence-electron chi connectivity index (χ2n) is 1.70. The molecule has 0 aliphatic rings. The van der Waals surface area contributed by atoms with Crippen LogP contribution < -0.4 is 0 Å². The summed E-state index contributed by atoms with van der Waals surface area (Å²) < 4.78 is 12.0. The van der Waals surface area contributed by atoms with Crippen molar-refractivity contribution in [1.29, 1.82) is 5.26 Å². The van der Waals surface area contributed by atoms with E-state index in [0.29, 0.717) is 0 Å². The van der Waals surface area contributed by atoms with Crippen LogP contribution in [0.5, 0.6) is 5.75 Å². The zero-order chi connectivity index (χ0) is 8.69. The minimum absolute atomic E-state index is 0.0893. The van der Waals surface area contributed by atoms with Crippen LogP contribution in [0.1, 0.15) is 6.92 Å². The van der Waals surface area contributed by atoms with Gasteiger partial charge in [0.2, 0.25) is 0 Å². The molecule has 0 saturated carbocycles. The van der Waals surface area contributed by atoms with E-state index in [-0.39, 0.29) is 11.6 Å². The minimum Gasteiger partial charge on any atom is -0.508 e. The topological polar surface area (TPSA) is 44.0 Å². The fourth-order valence-corrected chi connectivity index (χ4v) is 0.441. The van der Waals surface area contributed by atoms with Crippen molar-refractivity contribution in [1.82, 2.24) is 0 Å². The largest absolute Gasteiger partial charge is 0.508 e. The molecule has 1 aromatic rings. The Kier molecular flexibility index (Phi) is 4.50. The number of hydrogen-bond acceptors (Lipinski definition) is 2. The Labute approximate surface area is 64.5 Å². The SMILES string of the molecule is CC#N.Oc1ccc(F)cc1. The number of hydrogen-bond donors (Lipinski definition) is 1. The summed E-state index contributed by atoms with van der Waals surface area (Å²) in [5.41, 5.74) is 0. The number of rotatable bonds is 0. The van der Waals surface area contributed by atoms with Gasteiger partial charge in [-0.3, -0.25) is 0 Å². The van der Waals surface area contributed by atoms with Crippen molar-refractivity contribution in [2.45, 2.75) is 6.92 Å². The van der Waals surface area contributed by atoms with Gasteiger partial charge in [0.05, 0.1) is 6.07 Å². The molecular weight excluding hydrogens is 145 g/mol. The molecule has 0 aliphatic heterocycles. The molecule has 0 bridgehead atoms. The predicted molar refractivity (Wildman–Crippen MR) is 39.4 cm³/mol. The first-order valence-corrected chi connectivity index (χ1v) is 2.96. The first-order chi connectivity index (χ1) is 5.20. The summed E-state index contributed by atoms with van der Waals surface area (Å²) in [5, 5.41) is 15.9. The second kappa shape index (κ2) is 5.24. The van der Waals surface area contributed by atoms with Crippen LogP contribution in [0.15, 0.2) is 24.3 Å². The van der Waals surface area contributed by atoms with E-state index in [1.165, 1.54) is 31.2 Å². The molecule has 58 valence electrons. The standard InChI is InChI=1S/C6H5FO.C2H3N/c7-5-1-3-6(8)4-2-5;1-2-3/h1-4,8H;1H3. The molecule has 1 aromatic carbocycles. The zero-order valence-corrected chi connectivity index (χ0v) is 6.08. The van der Waals surface area contributed by atoms with Gasteiger partial charge in [0.1, 0.15) is 11.6 Å². The van der Waals surface area contributed by atoms with Gasteiger partial charge >= 0.3 is 0 Å². The van der Waals surface area contributed by atoms with Gasteiger partial charge in [-0.1, -0.05) is 0 Å². The number of halogens is 1. The predicted octanol–water partition coefficient (Wildman–Crippen LogP) is 2.06.